The van der Waals surface area contributed by atoms with Crippen molar-refractivity contribution in [1.82, 2.24) is 0 Å². The molecule has 2 saturated carbocycles. The molecule has 2 bridgehead atoms. The SMILES string of the molecule is CCCC[Se+](CC)C[C@]12CC[C@H](C[C@H]1O)C2(C)C. The molecule has 1 nitrogen and oxygen atoms in total. The van der Waals surface area contributed by atoms with Crippen molar-refractivity contribution in [2.75, 3.05) is 0 Å². The van der Waals surface area contributed by atoms with Crippen molar-refractivity contribution in [3.8, 4) is 0 Å². The summed E-state index contributed by atoms with van der Waals surface area (Å²) in [5.41, 5.74) is 0.696. The summed E-state index contributed by atoms with van der Waals surface area (Å²) in [7, 11) is 0. The maximum absolute atomic E-state index is 10.6. The van der Waals surface area contributed by atoms with Gasteiger partial charge in [0.05, 0.1) is 0 Å². The first-order valence-electron chi connectivity index (χ1n) is 7.80. The van der Waals surface area contributed by atoms with E-state index >= 15 is 0 Å². The summed E-state index contributed by atoms with van der Waals surface area (Å²) in [6.07, 6.45) is 6.52. The van der Waals surface area contributed by atoms with Crippen LogP contribution in [0.1, 0.15) is 59.8 Å². The molecule has 106 valence electrons. The van der Waals surface area contributed by atoms with Crippen molar-refractivity contribution < 1.29 is 5.11 Å². The van der Waals surface area contributed by atoms with E-state index in [0.29, 0.717) is 10.8 Å². The standard InChI is InChI=1S/C16H31OSe/c1-5-7-10-18(6-2)12-16-9-8-13(11-14(16)17)15(16,3)4/h13-14,17H,5-12H2,1-4H3/q+1/t13-,14-,16-,18?/m1/s1. The molecule has 2 heteroatoms. The van der Waals surface area contributed by atoms with Gasteiger partial charge in [0, 0.05) is 0 Å². The van der Waals surface area contributed by atoms with Gasteiger partial charge in [-0.3, -0.25) is 0 Å². The van der Waals surface area contributed by atoms with Gasteiger partial charge in [0.15, 0.2) is 0 Å². The summed E-state index contributed by atoms with van der Waals surface area (Å²) in [5.74, 6) is 0.794. The molecular formula is C16H31OSe+. The average molecular weight is 318 g/mol. The Morgan fingerprint density at radius 2 is 2.00 bits per heavy atom. The zero-order valence-electron chi connectivity index (χ0n) is 12.7. The molecule has 2 fully saturated rings. The molecule has 0 heterocycles. The average Bonchev–Trinajstić information content (AvgIpc) is 2.68. The number of aliphatic hydroxyl groups is 1. The van der Waals surface area contributed by atoms with Crippen LogP contribution >= 0.6 is 0 Å². The van der Waals surface area contributed by atoms with Crippen LogP contribution in [0, 0.1) is 16.7 Å². The Kier molecular flexibility index (Phi) is 4.52. The summed E-state index contributed by atoms with van der Waals surface area (Å²) in [6, 6.07) is 0. The molecule has 0 amide bonds. The zero-order valence-corrected chi connectivity index (χ0v) is 14.4. The van der Waals surface area contributed by atoms with Crippen molar-refractivity contribution in [1.29, 1.82) is 0 Å². The minimum absolute atomic E-state index is 0.00526. The van der Waals surface area contributed by atoms with Gasteiger partial charge in [-0.05, 0) is 0 Å². The fourth-order valence-corrected chi connectivity index (χ4v) is 10.2. The second-order valence-electron chi connectivity index (χ2n) is 6.97. The third-order valence-electron chi connectivity index (χ3n) is 6.04. The monoisotopic (exact) mass is 319 g/mol. The van der Waals surface area contributed by atoms with Crippen molar-refractivity contribution in [3.63, 3.8) is 0 Å². The van der Waals surface area contributed by atoms with Gasteiger partial charge in [0.25, 0.3) is 0 Å². The van der Waals surface area contributed by atoms with Gasteiger partial charge in [-0.15, -0.1) is 0 Å². The molecule has 4 atom stereocenters. The van der Waals surface area contributed by atoms with E-state index < -0.39 is 13.9 Å². The van der Waals surface area contributed by atoms with Gasteiger partial charge < -0.3 is 0 Å². The number of unbranched alkanes of at least 4 members (excludes halogenated alkanes) is 1. The van der Waals surface area contributed by atoms with Crippen molar-refractivity contribution in [2.45, 2.75) is 81.9 Å². The van der Waals surface area contributed by atoms with Crippen LogP contribution in [0.2, 0.25) is 16.0 Å². The van der Waals surface area contributed by atoms with Crippen LogP contribution in [0.25, 0.3) is 0 Å². The molecule has 0 spiro atoms. The predicted molar refractivity (Wildman–Crippen MR) is 80.3 cm³/mol. The first-order valence-corrected chi connectivity index (χ1v) is 11.4. The molecular weight excluding hydrogens is 287 g/mol. The zero-order chi connectivity index (χ0) is 13.4. The molecule has 2 rings (SSSR count). The summed E-state index contributed by atoms with van der Waals surface area (Å²) in [5, 5.41) is 14.9. The summed E-state index contributed by atoms with van der Waals surface area (Å²) in [4.78, 5) is 0. The van der Waals surface area contributed by atoms with Gasteiger partial charge in [-0.25, -0.2) is 0 Å². The molecule has 0 aromatic carbocycles. The third kappa shape index (κ3) is 2.19. The quantitative estimate of drug-likeness (QED) is 0.716. The fraction of sp³-hybridized carbons (Fsp3) is 1.00. The van der Waals surface area contributed by atoms with Gasteiger partial charge in [-0.1, -0.05) is 0 Å². The van der Waals surface area contributed by atoms with Crippen molar-refractivity contribution in [3.05, 3.63) is 0 Å². The van der Waals surface area contributed by atoms with E-state index in [4.69, 9.17) is 0 Å². The van der Waals surface area contributed by atoms with Crippen LogP contribution in [0.5, 0.6) is 0 Å². The molecule has 0 saturated heterocycles. The minimum atomic E-state index is -0.477. The van der Waals surface area contributed by atoms with Crippen LogP contribution in [0.3, 0.4) is 0 Å². The van der Waals surface area contributed by atoms with E-state index in [1.54, 1.807) is 0 Å². The maximum atomic E-state index is 10.6. The molecule has 0 aromatic heterocycles. The van der Waals surface area contributed by atoms with Crippen LogP contribution in [-0.4, -0.2) is 25.1 Å². The predicted octanol–water partition coefficient (Wildman–Crippen LogP) is 4.49. The molecule has 2 aliphatic rings. The first-order chi connectivity index (χ1) is 8.48. The van der Waals surface area contributed by atoms with E-state index in [9.17, 15) is 5.11 Å². The van der Waals surface area contributed by atoms with E-state index in [1.807, 2.05) is 0 Å². The van der Waals surface area contributed by atoms with Crippen LogP contribution < -0.4 is 0 Å². The second kappa shape index (κ2) is 5.46. The Hall–Kier alpha value is 0.479. The molecule has 0 aromatic rings. The van der Waals surface area contributed by atoms with Crippen LogP contribution in [0.15, 0.2) is 0 Å². The molecule has 1 unspecified atom stereocenters. The number of fused-ring (bicyclic) bond motifs is 2. The molecule has 18 heavy (non-hydrogen) atoms. The second-order valence-corrected chi connectivity index (χ2v) is 12.2. The molecule has 1 N–H and O–H groups in total. The number of hydrogen-bond donors (Lipinski definition) is 1. The number of hydrogen-bond acceptors (Lipinski definition) is 1. The van der Waals surface area contributed by atoms with Gasteiger partial charge in [0.2, 0.25) is 0 Å². The Morgan fingerprint density at radius 1 is 1.28 bits per heavy atom. The first kappa shape index (κ1) is 14.9. The van der Waals surface area contributed by atoms with Gasteiger partial charge in [-0.2, -0.15) is 0 Å². The fourth-order valence-electron chi connectivity index (χ4n) is 4.41. The Balaban J connectivity index is 2.10. The molecule has 0 radical (unpaired) electrons. The van der Waals surface area contributed by atoms with E-state index in [0.717, 1.165) is 12.3 Å². The summed E-state index contributed by atoms with van der Waals surface area (Å²) >= 11 is -0.477. The Bertz CT molecular complexity index is 289. The van der Waals surface area contributed by atoms with Crippen molar-refractivity contribution in [2.24, 2.45) is 16.7 Å². The van der Waals surface area contributed by atoms with E-state index in [-0.39, 0.29) is 6.10 Å². The van der Waals surface area contributed by atoms with Gasteiger partial charge >= 0.3 is 118 Å². The van der Waals surface area contributed by atoms with E-state index in [1.165, 1.54) is 41.6 Å². The summed E-state index contributed by atoms with van der Waals surface area (Å²) < 4.78 is 0. The summed E-state index contributed by atoms with van der Waals surface area (Å²) in [6.45, 7) is 9.58. The number of rotatable bonds is 6. The normalized spacial score (nSPS) is 39.2. The Labute approximate surface area is 118 Å². The van der Waals surface area contributed by atoms with Crippen LogP contribution in [0.4, 0.5) is 0 Å². The number of aliphatic hydroxyl groups excluding tert-OH is 1. The molecule has 2 aliphatic carbocycles. The van der Waals surface area contributed by atoms with Crippen LogP contribution in [-0.2, 0) is 0 Å². The van der Waals surface area contributed by atoms with Gasteiger partial charge in [0.1, 0.15) is 0 Å². The topological polar surface area (TPSA) is 20.2 Å². The van der Waals surface area contributed by atoms with Crippen molar-refractivity contribution >= 4 is 13.9 Å². The molecule has 0 aliphatic heterocycles. The Morgan fingerprint density at radius 3 is 2.44 bits per heavy atom. The third-order valence-corrected chi connectivity index (χ3v) is 11.5. The van der Waals surface area contributed by atoms with E-state index in [2.05, 4.69) is 27.7 Å².